The largest absolute Gasteiger partial charge is 0.458 e. The van der Waals surface area contributed by atoms with E-state index in [-0.39, 0.29) is 35.6 Å². The lowest BCUT2D eigenvalue weighted by molar-refractivity contribution is -0.288. The van der Waals surface area contributed by atoms with E-state index in [2.05, 4.69) is 6.92 Å². The Bertz CT molecular complexity index is 735. The van der Waals surface area contributed by atoms with E-state index in [0.29, 0.717) is 38.7 Å². The number of hydrogen-bond donors (Lipinski definition) is 4. The van der Waals surface area contributed by atoms with E-state index in [4.69, 9.17) is 4.74 Å². The fourth-order valence-electron chi connectivity index (χ4n) is 7.99. The molecule has 0 saturated heterocycles. The molecule has 4 aliphatic carbocycles. The van der Waals surface area contributed by atoms with E-state index < -0.39 is 22.9 Å². The zero-order chi connectivity index (χ0) is 19.9. The van der Waals surface area contributed by atoms with Gasteiger partial charge in [-0.25, -0.2) is 4.79 Å². The van der Waals surface area contributed by atoms with E-state index >= 15 is 0 Å². The van der Waals surface area contributed by atoms with Crippen LogP contribution in [0, 0.1) is 23.2 Å². The molecule has 1 heterocycles. The molecule has 1 aliphatic heterocycles. The van der Waals surface area contributed by atoms with Gasteiger partial charge >= 0.3 is 5.97 Å². The van der Waals surface area contributed by atoms with Gasteiger partial charge in [-0.1, -0.05) is 6.92 Å². The number of hydrogen-bond acceptors (Lipinski definition) is 6. The van der Waals surface area contributed by atoms with Crippen LogP contribution in [0.4, 0.5) is 0 Å². The van der Waals surface area contributed by atoms with Gasteiger partial charge in [0.15, 0.2) is 0 Å². The number of rotatable bonds is 1. The summed E-state index contributed by atoms with van der Waals surface area (Å²) in [6.45, 7) is 2.46. The van der Waals surface area contributed by atoms with Gasteiger partial charge in [-0.05, 0) is 74.7 Å². The molecule has 4 saturated carbocycles. The van der Waals surface area contributed by atoms with Crippen LogP contribution in [0.1, 0.15) is 64.7 Å². The van der Waals surface area contributed by atoms with Crippen LogP contribution < -0.4 is 0 Å². The molecule has 4 N–H and O–H groups in total. The highest BCUT2D eigenvalue weighted by molar-refractivity contribution is 5.85. The Balaban J connectivity index is 1.49. The smallest absolute Gasteiger partial charge is 0.331 e. The van der Waals surface area contributed by atoms with E-state index in [1.165, 1.54) is 0 Å². The summed E-state index contributed by atoms with van der Waals surface area (Å²) in [6.07, 6.45) is 6.17. The van der Waals surface area contributed by atoms with Crippen molar-refractivity contribution in [1.29, 1.82) is 0 Å². The van der Waals surface area contributed by atoms with Crippen molar-refractivity contribution in [2.24, 2.45) is 23.2 Å². The molecular formula is C22H32O6. The molecule has 5 rings (SSSR count). The van der Waals surface area contributed by atoms with Crippen LogP contribution in [0.5, 0.6) is 0 Å². The van der Waals surface area contributed by atoms with Crippen molar-refractivity contribution < 1.29 is 30.0 Å². The van der Waals surface area contributed by atoms with Crippen molar-refractivity contribution in [2.45, 2.75) is 87.6 Å². The molecular weight excluding hydrogens is 360 g/mol. The summed E-state index contributed by atoms with van der Waals surface area (Å²) in [5.74, 6) is -0.407. The maximum Gasteiger partial charge on any atom is 0.331 e. The second kappa shape index (κ2) is 5.81. The van der Waals surface area contributed by atoms with Gasteiger partial charge in [0.25, 0.3) is 0 Å². The van der Waals surface area contributed by atoms with Crippen LogP contribution in [-0.2, 0) is 9.53 Å². The molecule has 0 amide bonds. The summed E-state index contributed by atoms with van der Waals surface area (Å²) in [5, 5.41) is 45.0. The van der Waals surface area contributed by atoms with E-state index in [1.807, 2.05) is 0 Å². The fraction of sp³-hybridized carbons (Fsp3) is 0.864. The fourth-order valence-corrected chi connectivity index (χ4v) is 7.99. The first-order valence-electron chi connectivity index (χ1n) is 10.9. The zero-order valence-electron chi connectivity index (χ0n) is 16.6. The summed E-state index contributed by atoms with van der Waals surface area (Å²) >= 11 is 0. The number of ether oxygens (including phenoxy) is 1. The maximum absolute atomic E-state index is 12.0. The Labute approximate surface area is 165 Å². The Kier molecular flexibility index (Phi) is 3.95. The Hall–Kier alpha value is -0.950. The van der Waals surface area contributed by atoms with Gasteiger partial charge in [-0.3, -0.25) is 0 Å². The monoisotopic (exact) mass is 392 g/mol. The first-order chi connectivity index (χ1) is 13.1. The predicted molar refractivity (Wildman–Crippen MR) is 100 cm³/mol. The van der Waals surface area contributed by atoms with Crippen LogP contribution in [-0.4, -0.2) is 55.9 Å². The van der Waals surface area contributed by atoms with Gasteiger partial charge in [-0.15, -0.1) is 0 Å². The van der Waals surface area contributed by atoms with Gasteiger partial charge in [0, 0.05) is 17.9 Å². The van der Waals surface area contributed by atoms with Gasteiger partial charge < -0.3 is 25.2 Å². The highest BCUT2D eigenvalue weighted by Gasteiger charge is 2.71. The number of aliphatic hydroxyl groups is 4. The van der Waals surface area contributed by atoms with Gasteiger partial charge in [0.05, 0.1) is 22.9 Å². The number of aliphatic hydroxyl groups excluding tert-OH is 1. The average Bonchev–Trinajstić information content (AvgIpc) is 3.17. The molecule has 28 heavy (non-hydrogen) atoms. The lowest BCUT2D eigenvalue weighted by atomic mass is 9.45. The second-order valence-electron chi connectivity index (χ2n) is 10.4. The summed E-state index contributed by atoms with van der Waals surface area (Å²) < 4.78 is 5.14. The van der Waals surface area contributed by atoms with Crippen molar-refractivity contribution in [3.8, 4) is 0 Å². The van der Waals surface area contributed by atoms with E-state index in [0.717, 1.165) is 24.8 Å². The molecule has 0 bridgehead atoms. The van der Waals surface area contributed by atoms with Crippen molar-refractivity contribution in [3.05, 3.63) is 11.6 Å². The number of carbonyl (C=O) groups is 1. The Morgan fingerprint density at radius 2 is 1.64 bits per heavy atom. The number of esters is 1. The lowest BCUT2D eigenvalue weighted by Gasteiger charge is -2.64. The van der Waals surface area contributed by atoms with Crippen molar-refractivity contribution in [2.75, 3.05) is 6.61 Å². The molecule has 0 aromatic heterocycles. The van der Waals surface area contributed by atoms with Crippen LogP contribution in [0.2, 0.25) is 0 Å². The highest BCUT2D eigenvalue weighted by Crippen LogP contribution is 2.68. The first-order valence-corrected chi connectivity index (χ1v) is 10.9. The molecule has 6 nitrogen and oxygen atoms in total. The van der Waals surface area contributed by atoms with Gasteiger partial charge in [0.1, 0.15) is 6.61 Å². The van der Waals surface area contributed by atoms with Crippen molar-refractivity contribution in [3.63, 3.8) is 0 Å². The molecule has 8 atom stereocenters. The zero-order valence-corrected chi connectivity index (χ0v) is 16.6. The summed E-state index contributed by atoms with van der Waals surface area (Å²) in [7, 11) is 0. The van der Waals surface area contributed by atoms with E-state index in [1.54, 1.807) is 6.08 Å². The number of carbonyl (C=O) groups excluding carboxylic acids is 1. The van der Waals surface area contributed by atoms with Crippen molar-refractivity contribution >= 4 is 5.97 Å². The minimum absolute atomic E-state index is 0.0737. The third-order valence-corrected chi connectivity index (χ3v) is 9.50. The normalized spacial score (nSPS) is 55.8. The molecule has 6 heteroatoms. The predicted octanol–water partition coefficient (Wildman–Crippen LogP) is 1.44. The Morgan fingerprint density at radius 3 is 2.36 bits per heavy atom. The molecule has 0 unspecified atom stereocenters. The van der Waals surface area contributed by atoms with Gasteiger partial charge in [0.2, 0.25) is 0 Å². The minimum atomic E-state index is -1.26. The van der Waals surface area contributed by atoms with Crippen molar-refractivity contribution in [1.82, 2.24) is 0 Å². The Morgan fingerprint density at radius 1 is 0.964 bits per heavy atom. The third kappa shape index (κ3) is 2.21. The maximum atomic E-state index is 12.0. The third-order valence-electron chi connectivity index (χ3n) is 9.50. The summed E-state index contributed by atoms with van der Waals surface area (Å²) in [6, 6.07) is 0. The molecule has 0 radical (unpaired) electrons. The van der Waals surface area contributed by atoms with Crippen LogP contribution in [0.3, 0.4) is 0 Å². The van der Waals surface area contributed by atoms with Gasteiger partial charge in [-0.2, -0.15) is 0 Å². The molecule has 156 valence electrons. The topological polar surface area (TPSA) is 107 Å². The summed E-state index contributed by atoms with van der Waals surface area (Å²) in [4.78, 5) is 11.6. The molecule has 0 aromatic carbocycles. The lowest BCUT2D eigenvalue weighted by Crippen LogP contribution is -2.71. The average molecular weight is 392 g/mol. The summed E-state index contributed by atoms with van der Waals surface area (Å²) in [5.41, 5.74) is -2.78. The van der Waals surface area contributed by atoms with Crippen LogP contribution in [0.15, 0.2) is 11.6 Å². The standard InChI is InChI=1S/C22H32O6/c1-19-6-3-17-16(4-7-20(25)11-14(23)2-8-22(17,20)27)21(19,26)9-5-15(19)13-10-18(24)28-12-13/h10,14-17,23,25-27H,2-9,11-12H2,1H3/t14-,15+,16+,17-,19+,20+,21+,22-/m0/s1. The van der Waals surface area contributed by atoms with Crippen LogP contribution >= 0.6 is 0 Å². The SMILES string of the molecule is C[C@]12CC[C@H]3[C@@H](CC[C@@]4(O)C[C@@H](O)CC[C@]34O)[C@]1(O)CC[C@@H]2C1=CC(=O)OC1. The molecule has 0 spiro atoms. The minimum Gasteiger partial charge on any atom is -0.458 e. The molecule has 0 aromatic rings. The molecule has 4 fully saturated rings. The van der Waals surface area contributed by atoms with Crippen LogP contribution in [0.25, 0.3) is 0 Å². The first kappa shape index (κ1) is 19.0. The number of cyclic esters (lactones) is 1. The number of fused-ring (bicyclic) bond motifs is 5. The molecule has 5 aliphatic rings. The van der Waals surface area contributed by atoms with E-state index in [9.17, 15) is 25.2 Å². The quantitative estimate of drug-likeness (QED) is 0.503. The highest BCUT2D eigenvalue weighted by atomic mass is 16.5. The second-order valence-corrected chi connectivity index (χ2v) is 10.4.